The van der Waals surface area contributed by atoms with Crippen molar-refractivity contribution in [1.82, 2.24) is 0 Å². The van der Waals surface area contributed by atoms with Crippen LogP contribution in [0.1, 0.15) is 342 Å². The maximum Gasteiger partial charge on any atom is 0.306 e. The Morgan fingerprint density at radius 1 is 0.288 bits per heavy atom. The van der Waals surface area contributed by atoms with Crippen LogP contribution in [0.4, 0.5) is 0 Å². The van der Waals surface area contributed by atoms with Crippen molar-refractivity contribution in [1.29, 1.82) is 0 Å². The average molecular weight is 934 g/mol. The molecule has 0 unspecified atom stereocenters. The van der Waals surface area contributed by atoms with Gasteiger partial charge in [0.1, 0.15) is 13.2 Å². The van der Waals surface area contributed by atoms with E-state index < -0.39 is 6.10 Å². The second-order valence-corrected chi connectivity index (χ2v) is 21.1. The summed E-state index contributed by atoms with van der Waals surface area (Å²) in [5.74, 6) is -0.0156. The van der Waals surface area contributed by atoms with Gasteiger partial charge in [-0.2, -0.15) is 0 Å². The molecule has 0 N–H and O–H groups in total. The molecule has 392 valence electrons. The van der Waals surface area contributed by atoms with E-state index >= 15 is 0 Å². The number of carbonyl (C=O) groups excluding carboxylic acids is 3. The van der Waals surface area contributed by atoms with Gasteiger partial charge in [-0.25, -0.2) is 0 Å². The van der Waals surface area contributed by atoms with E-state index in [0.717, 1.165) is 63.7 Å². The molecule has 0 radical (unpaired) electrons. The number of esters is 3. The molecule has 0 fully saturated rings. The standard InChI is InChI=1S/C60H116O6/c1-5-7-9-11-13-15-17-19-21-23-25-27-29-31-37-41-45-49-53-60(63)66-57(55-65-59(62)52-48-44-40-36-33-32-34-38-42-46-50-56(3)4)54-64-58(61)51-47-43-39-35-30-28-26-24-22-20-18-16-14-12-10-8-6-2/h56-57H,5-55H2,1-4H3/t57-/m0/s1. The van der Waals surface area contributed by atoms with Gasteiger partial charge in [0.25, 0.3) is 0 Å². The molecule has 0 aliphatic carbocycles. The summed E-state index contributed by atoms with van der Waals surface area (Å²) in [6.45, 7) is 9.05. The van der Waals surface area contributed by atoms with E-state index in [9.17, 15) is 14.4 Å². The van der Waals surface area contributed by atoms with Gasteiger partial charge >= 0.3 is 17.9 Å². The third kappa shape index (κ3) is 53.4. The van der Waals surface area contributed by atoms with Crippen LogP contribution in [0.3, 0.4) is 0 Å². The first-order valence-corrected chi connectivity index (χ1v) is 29.9. The van der Waals surface area contributed by atoms with Gasteiger partial charge in [0.2, 0.25) is 0 Å². The van der Waals surface area contributed by atoms with Crippen LogP contribution in [0.15, 0.2) is 0 Å². The van der Waals surface area contributed by atoms with Crippen molar-refractivity contribution in [3.05, 3.63) is 0 Å². The van der Waals surface area contributed by atoms with E-state index in [1.165, 1.54) is 238 Å². The Morgan fingerprint density at radius 2 is 0.500 bits per heavy atom. The van der Waals surface area contributed by atoms with Crippen LogP contribution in [-0.4, -0.2) is 37.2 Å². The highest BCUT2D eigenvalue weighted by Gasteiger charge is 2.19. The van der Waals surface area contributed by atoms with Crippen molar-refractivity contribution >= 4 is 17.9 Å². The predicted octanol–water partition coefficient (Wildman–Crippen LogP) is 19.8. The molecule has 0 spiro atoms. The average Bonchev–Trinajstić information content (AvgIpc) is 3.30. The lowest BCUT2D eigenvalue weighted by Crippen LogP contribution is -2.30. The SMILES string of the molecule is CCCCCCCCCCCCCCCCCCCCC(=O)O[C@@H](COC(=O)CCCCCCCCCCCCCCCCCCC)COC(=O)CCCCCCCCCCCCC(C)C. The second-order valence-electron chi connectivity index (χ2n) is 21.1. The van der Waals surface area contributed by atoms with Crippen molar-refractivity contribution in [2.45, 2.75) is 348 Å². The molecule has 0 aliphatic heterocycles. The van der Waals surface area contributed by atoms with Gasteiger partial charge in [-0.05, 0) is 25.2 Å². The molecular formula is C60H116O6. The summed E-state index contributed by atoms with van der Waals surface area (Å²) in [6.07, 6.45) is 59.5. The monoisotopic (exact) mass is 933 g/mol. The summed E-state index contributed by atoms with van der Waals surface area (Å²) in [5.41, 5.74) is 0. The summed E-state index contributed by atoms with van der Waals surface area (Å²) < 4.78 is 16.9. The van der Waals surface area contributed by atoms with Gasteiger partial charge in [-0.1, -0.05) is 304 Å². The zero-order valence-corrected chi connectivity index (χ0v) is 45.2. The molecule has 6 nitrogen and oxygen atoms in total. The summed E-state index contributed by atoms with van der Waals surface area (Å²) in [5, 5.41) is 0. The van der Waals surface area contributed by atoms with Crippen molar-refractivity contribution in [2.75, 3.05) is 13.2 Å². The first-order chi connectivity index (χ1) is 32.4. The smallest absolute Gasteiger partial charge is 0.306 e. The molecule has 0 bridgehead atoms. The Kier molecular flexibility index (Phi) is 53.0. The van der Waals surface area contributed by atoms with E-state index in [4.69, 9.17) is 14.2 Å². The van der Waals surface area contributed by atoms with Crippen LogP contribution in [0.2, 0.25) is 0 Å². The Hall–Kier alpha value is -1.59. The maximum absolute atomic E-state index is 12.9. The van der Waals surface area contributed by atoms with Crippen molar-refractivity contribution in [2.24, 2.45) is 5.92 Å². The molecule has 0 aromatic rings. The van der Waals surface area contributed by atoms with E-state index in [0.29, 0.717) is 19.3 Å². The zero-order valence-electron chi connectivity index (χ0n) is 45.2. The fraction of sp³-hybridized carbons (Fsp3) is 0.950. The molecule has 0 heterocycles. The quantitative estimate of drug-likeness (QED) is 0.0343. The summed E-state index contributed by atoms with van der Waals surface area (Å²) >= 11 is 0. The van der Waals surface area contributed by atoms with Crippen molar-refractivity contribution < 1.29 is 28.6 Å². The number of ether oxygens (including phenoxy) is 3. The topological polar surface area (TPSA) is 78.9 Å². The minimum Gasteiger partial charge on any atom is -0.462 e. The minimum atomic E-state index is -0.762. The van der Waals surface area contributed by atoms with Crippen LogP contribution in [0.5, 0.6) is 0 Å². The summed E-state index contributed by atoms with van der Waals surface area (Å²) in [7, 11) is 0. The highest BCUT2D eigenvalue weighted by molar-refractivity contribution is 5.71. The van der Waals surface area contributed by atoms with Crippen LogP contribution in [0.25, 0.3) is 0 Å². The van der Waals surface area contributed by atoms with Gasteiger partial charge in [0.15, 0.2) is 6.10 Å². The molecule has 66 heavy (non-hydrogen) atoms. The number of rotatable bonds is 55. The first kappa shape index (κ1) is 64.4. The number of hydrogen-bond acceptors (Lipinski definition) is 6. The highest BCUT2D eigenvalue weighted by Crippen LogP contribution is 2.18. The van der Waals surface area contributed by atoms with Gasteiger partial charge < -0.3 is 14.2 Å². The van der Waals surface area contributed by atoms with Crippen LogP contribution < -0.4 is 0 Å². The zero-order chi connectivity index (χ0) is 48.1. The lowest BCUT2D eigenvalue weighted by molar-refractivity contribution is -0.167. The Morgan fingerprint density at radius 3 is 0.742 bits per heavy atom. The van der Waals surface area contributed by atoms with Gasteiger partial charge in [-0.3, -0.25) is 14.4 Å². The molecule has 0 rings (SSSR count). The number of hydrogen-bond donors (Lipinski definition) is 0. The van der Waals surface area contributed by atoms with Gasteiger partial charge in [0, 0.05) is 19.3 Å². The van der Waals surface area contributed by atoms with Gasteiger partial charge in [0.05, 0.1) is 0 Å². The van der Waals surface area contributed by atoms with Gasteiger partial charge in [-0.15, -0.1) is 0 Å². The number of carbonyl (C=O) groups is 3. The third-order valence-corrected chi connectivity index (χ3v) is 13.8. The molecular weight excluding hydrogens is 817 g/mol. The molecule has 0 aromatic heterocycles. The van der Waals surface area contributed by atoms with E-state index in [2.05, 4.69) is 27.7 Å². The third-order valence-electron chi connectivity index (χ3n) is 13.8. The summed E-state index contributed by atoms with van der Waals surface area (Å²) in [4.78, 5) is 38.2. The van der Waals surface area contributed by atoms with E-state index in [1.54, 1.807) is 0 Å². The van der Waals surface area contributed by atoms with Crippen molar-refractivity contribution in [3.63, 3.8) is 0 Å². The van der Waals surface area contributed by atoms with Crippen LogP contribution in [-0.2, 0) is 28.6 Å². The minimum absolute atomic E-state index is 0.0618. The van der Waals surface area contributed by atoms with E-state index in [1.807, 2.05) is 0 Å². The lowest BCUT2D eigenvalue weighted by atomic mass is 10.0. The predicted molar refractivity (Wildman–Crippen MR) is 284 cm³/mol. The van der Waals surface area contributed by atoms with E-state index in [-0.39, 0.29) is 31.1 Å². The molecule has 0 saturated carbocycles. The molecule has 0 amide bonds. The second kappa shape index (κ2) is 54.4. The molecule has 0 aliphatic rings. The van der Waals surface area contributed by atoms with Crippen LogP contribution >= 0.6 is 0 Å². The maximum atomic E-state index is 12.9. The fourth-order valence-electron chi connectivity index (χ4n) is 9.28. The molecule has 6 heteroatoms. The normalized spacial score (nSPS) is 12.0. The molecule has 0 saturated heterocycles. The molecule has 1 atom stereocenters. The Bertz CT molecular complexity index is 996. The largest absolute Gasteiger partial charge is 0.462 e. The Balaban J connectivity index is 4.28. The highest BCUT2D eigenvalue weighted by atomic mass is 16.6. The Labute approximate surface area is 412 Å². The van der Waals surface area contributed by atoms with Crippen molar-refractivity contribution in [3.8, 4) is 0 Å². The number of unbranched alkanes of at least 4 members (excludes halogenated alkanes) is 42. The first-order valence-electron chi connectivity index (χ1n) is 29.9. The molecule has 0 aromatic carbocycles. The van der Waals surface area contributed by atoms with Crippen LogP contribution in [0, 0.1) is 5.92 Å². The fourth-order valence-corrected chi connectivity index (χ4v) is 9.28. The lowest BCUT2D eigenvalue weighted by Gasteiger charge is -2.18. The summed E-state index contributed by atoms with van der Waals surface area (Å²) in [6, 6.07) is 0.